The van der Waals surface area contributed by atoms with E-state index in [2.05, 4.69) is 20.8 Å². The summed E-state index contributed by atoms with van der Waals surface area (Å²) in [6.07, 6.45) is 0. The summed E-state index contributed by atoms with van der Waals surface area (Å²) in [5, 5.41) is 9.61. The van der Waals surface area contributed by atoms with E-state index in [0.29, 0.717) is 16.2 Å². The van der Waals surface area contributed by atoms with Crippen molar-refractivity contribution in [3.05, 3.63) is 28.8 Å². The lowest BCUT2D eigenvalue weighted by Crippen LogP contribution is -2.05. The van der Waals surface area contributed by atoms with E-state index >= 15 is 0 Å². The van der Waals surface area contributed by atoms with Crippen LogP contribution in [0.3, 0.4) is 0 Å². The van der Waals surface area contributed by atoms with E-state index in [0.717, 1.165) is 4.90 Å². The van der Waals surface area contributed by atoms with Crippen LogP contribution in [0.2, 0.25) is 5.02 Å². The van der Waals surface area contributed by atoms with Gasteiger partial charge in [-0.15, -0.1) is 11.8 Å². The second-order valence-electron chi connectivity index (χ2n) is 4.01. The van der Waals surface area contributed by atoms with Crippen LogP contribution in [0, 0.1) is 5.92 Å². The molecule has 1 N–H and O–H groups in total. The first-order valence-corrected chi connectivity index (χ1v) is 6.37. The molecule has 0 spiro atoms. The number of carboxylic acid groups (broad SMARTS) is 1. The molecular formula is C12H15ClO2S. The molecule has 88 valence electrons. The van der Waals surface area contributed by atoms with Crippen molar-refractivity contribution in [2.75, 3.05) is 0 Å². The van der Waals surface area contributed by atoms with E-state index in [9.17, 15) is 4.79 Å². The molecule has 0 aliphatic carbocycles. The first-order chi connectivity index (χ1) is 7.41. The summed E-state index contributed by atoms with van der Waals surface area (Å²) >= 11 is 7.60. The lowest BCUT2D eigenvalue weighted by molar-refractivity contribution is 0.0697. The maximum atomic E-state index is 10.8. The topological polar surface area (TPSA) is 37.3 Å². The third kappa shape index (κ3) is 3.42. The highest BCUT2D eigenvalue weighted by atomic mass is 35.5. The summed E-state index contributed by atoms with van der Waals surface area (Å²) in [5.74, 6) is -0.415. The molecule has 0 bridgehead atoms. The van der Waals surface area contributed by atoms with Gasteiger partial charge < -0.3 is 5.11 Å². The van der Waals surface area contributed by atoms with Gasteiger partial charge in [-0.25, -0.2) is 4.79 Å². The summed E-state index contributed by atoms with van der Waals surface area (Å²) in [5.41, 5.74) is 0.156. The van der Waals surface area contributed by atoms with Gasteiger partial charge in [0, 0.05) is 10.1 Å². The van der Waals surface area contributed by atoms with Crippen LogP contribution < -0.4 is 0 Å². The fourth-order valence-electron chi connectivity index (χ4n) is 1.09. The Kier molecular flexibility index (Phi) is 4.69. The number of hydrogen-bond donors (Lipinski definition) is 1. The molecule has 1 unspecified atom stereocenters. The first-order valence-electron chi connectivity index (χ1n) is 5.11. The maximum Gasteiger partial charge on any atom is 0.337 e. The monoisotopic (exact) mass is 258 g/mol. The van der Waals surface area contributed by atoms with Gasteiger partial charge in [-0.1, -0.05) is 32.4 Å². The van der Waals surface area contributed by atoms with Gasteiger partial charge in [0.25, 0.3) is 0 Å². The molecule has 0 aliphatic rings. The largest absolute Gasteiger partial charge is 0.478 e. The second-order valence-corrected chi connectivity index (χ2v) is 5.87. The Labute approximate surface area is 105 Å². The number of halogens is 1. The standard InChI is InChI=1S/C12H15ClO2S/c1-7(2)8(3)16-9-4-5-10(12(14)15)11(13)6-9/h4-8H,1-3H3,(H,14,15). The lowest BCUT2D eigenvalue weighted by atomic mass is 10.2. The molecule has 0 heterocycles. The van der Waals surface area contributed by atoms with Crippen LogP contribution in [-0.4, -0.2) is 16.3 Å². The van der Waals surface area contributed by atoms with Crippen LogP contribution in [0.4, 0.5) is 0 Å². The van der Waals surface area contributed by atoms with Crippen molar-refractivity contribution >= 4 is 29.3 Å². The fourth-order valence-corrected chi connectivity index (χ4v) is 2.45. The molecule has 0 fully saturated rings. The van der Waals surface area contributed by atoms with Crippen molar-refractivity contribution in [2.45, 2.75) is 30.9 Å². The van der Waals surface area contributed by atoms with Crippen molar-refractivity contribution in [3.8, 4) is 0 Å². The summed E-state index contributed by atoms with van der Waals surface area (Å²) in [4.78, 5) is 11.8. The molecule has 0 aromatic heterocycles. The molecule has 1 aromatic rings. The van der Waals surface area contributed by atoms with Crippen molar-refractivity contribution in [2.24, 2.45) is 5.92 Å². The number of carbonyl (C=O) groups is 1. The van der Waals surface area contributed by atoms with E-state index in [-0.39, 0.29) is 5.56 Å². The minimum absolute atomic E-state index is 0.156. The molecule has 0 saturated carbocycles. The van der Waals surface area contributed by atoms with E-state index in [1.54, 1.807) is 30.0 Å². The Balaban J connectivity index is 2.85. The first kappa shape index (κ1) is 13.4. The third-order valence-corrected chi connectivity index (χ3v) is 4.19. The smallest absolute Gasteiger partial charge is 0.337 e. The average Bonchev–Trinajstić information content (AvgIpc) is 2.16. The molecule has 1 atom stereocenters. The summed E-state index contributed by atoms with van der Waals surface area (Å²) in [6, 6.07) is 5.08. The quantitative estimate of drug-likeness (QED) is 0.824. The molecular weight excluding hydrogens is 244 g/mol. The van der Waals surface area contributed by atoms with Gasteiger partial charge in [-0.2, -0.15) is 0 Å². The molecule has 0 radical (unpaired) electrons. The zero-order valence-electron chi connectivity index (χ0n) is 9.53. The minimum Gasteiger partial charge on any atom is -0.478 e. The third-order valence-electron chi connectivity index (χ3n) is 2.43. The Hall–Kier alpha value is -0.670. The van der Waals surface area contributed by atoms with Gasteiger partial charge in [0.15, 0.2) is 0 Å². The van der Waals surface area contributed by atoms with Crippen LogP contribution in [-0.2, 0) is 0 Å². The van der Waals surface area contributed by atoms with E-state index < -0.39 is 5.97 Å². The highest BCUT2D eigenvalue weighted by Crippen LogP contribution is 2.30. The van der Waals surface area contributed by atoms with Crippen LogP contribution in [0.1, 0.15) is 31.1 Å². The van der Waals surface area contributed by atoms with Gasteiger partial charge in [-0.3, -0.25) is 0 Å². The number of aromatic carboxylic acids is 1. The van der Waals surface area contributed by atoms with Gasteiger partial charge in [0.1, 0.15) is 0 Å². The zero-order valence-corrected chi connectivity index (χ0v) is 11.1. The van der Waals surface area contributed by atoms with E-state index in [1.165, 1.54) is 0 Å². The van der Waals surface area contributed by atoms with Crippen molar-refractivity contribution < 1.29 is 9.90 Å². The molecule has 2 nitrogen and oxygen atoms in total. The molecule has 16 heavy (non-hydrogen) atoms. The molecule has 1 rings (SSSR count). The van der Waals surface area contributed by atoms with Crippen LogP contribution >= 0.6 is 23.4 Å². The van der Waals surface area contributed by atoms with E-state index in [1.807, 2.05) is 0 Å². The van der Waals surface area contributed by atoms with Gasteiger partial charge in [-0.05, 0) is 24.1 Å². The van der Waals surface area contributed by atoms with Gasteiger partial charge >= 0.3 is 5.97 Å². The van der Waals surface area contributed by atoms with Crippen LogP contribution in [0.5, 0.6) is 0 Å². The molecule has 0 aliphatic heterocycles. The predicted molar refractivity (Wildman–Crippen MR) is 68.6 cm³/mol. The van der Waals surface area contributed by atoms with Crippen molar-refractivity contribution in [3.63, 3.8) is 0 Å². The molecule has 0 amide bonds. The highest BCUT2D eigenvalue weighted by molar-refractivity contribution is 8.00. The van der Waals surface area contributed by atoms with E-state index in [4.69, 9.17) is 16.7 Å². The second kappa shape index (κ2) is 5.60. The fraction of sp³-hybridized carbons (Fsp3) is 0.417. The van der Waals surface area contributed by atoms with Crippen molar-refractivity contribution in [1.29, 1.82) is 0 Å². The Morgan fingerprint density at radius 2 is 2.00 bits per heavy atom. The number of hydrogen-bond acceptors (Lipinski definition) is 2. The number of carboxylic acids is 1. The zero-order chi connectivity index (χ0) is 12.3. The molecule has 4 heteroatoms. The summed E-state index contributed by atoms with van der Waals surface area (Å²) in [6.45, 7) is 6.46. The summed E-state index contributed by atoms with van der Waals surface area (Å²) < 4.78 is 0. The average molecular weight is 259 g/mol. The Bertz CT molecular complexity index is 391. The SMILES string of the molecule is CC(C)C(C)Sc1ccc(C(=O)O)c(Cl)c1. The van der Waals surface area contributed by atoms with Crippen molar-refractivity contribution in [1.82, 2.24) is 0 Å². The number of rotatable bonds is 4. The summed E-state index contributed by atoms with van der Waals surface area (Å²) in [7, 11) is 0. The van der Waals surface area contributed by atoms with Gasteiger partial charge in [0.2, 0.25) is 0 Å². The molecule has 1 aromatic carbocycles. The minimum atomic E-state index is -0.988. The predicted octanol–water partition coefficient (Wildman–Crippen LogP) is 4.17. The lowest BCUT2D eigenvalue weighted by Gasteiger charge is -2.15. The van der Waals surface area contributed by atoms with Gasteiger partial charge in [0.05, 0.1) is 10.6 Å². The van der Waals surface area contributed by atoms with Crippen LogP contribution in [0.15, 0.2) is 23.1 Å². The number of benzene rings is 1. The highest BCUT2D eigenvalue weighted by Gasteiger charge is 2.12. The van der Waals surface area contributed by atoms with Crippen LogP contribution in [0.25, 0.3) is 0 Å². The number of thioether (sulfide) groups is 1. The Morgan fingerprint density at radius 3 is 2.44 bits per heavy atom. The molecule has 0 saturated heterocycles. The normalized spacial score (nSPS) is 12.8. The Morgan fingerprint density at radius 1 is 1.38 bits per heavy atom. The maximum absolute atomic E-state index is 10.8.